The van der Waals surface area contributed by atoms with Crippen LogP contribution < -0.4 is 0 Å². The average molecular weight is 389 g/mol. The minimum Gasteiger partial charge on any atom is -0.468 e. The van der Waals surface area contributed by atoms with E-state index in [1.54, 1.807) is 17.4 Å². The molecule has 2 aromatic rings. The lowest BCUT2D eigenvalue weighted by atomic mass is 10.1. The molecule has 1 heterocycles. The van der Waals surface area contributed by atoms with Gasteiger partial charge in [0.1, 0.15) is 6.04 Å². The normalized spacial score (nSPS) is 12.4. The Kier molecular flexibility index (Phi) is 5.81. The monoisotopic (exact) mass is 387 g/mol. The minimum absolute atomic E-state index is 0.318. The van der Waals surface area contributed by atoms with Gasteiger partial charge in [0.2, 0.25) is 0 Å². The summed E-state index contributed by atoms with van der Waals surface area (Å²) in [5.74, 6) is -0.318. The van der Waals surface area contributed by atoms with Crippen LogP contribution in [0.15, 0.2) is 40.2 Å². The van der Waals surface area contributed by atoms with Crippen molar-refractivity contribution in [2.75, 3.05) is 14.2 Å². The summed E-state index contributed by atoms with van der Waals surface area (Å²) in [7, 11) is 3.28. The number of hydrogen-bond donors (Lipinski definition) is 0. The second kappa shape index (κ2) is 7.40. The van der Waals surface area contributed by atoms with Crippen molar-refractivity contribution < 1.29 is 9.53 Å². The molecule has 3 nitrogen and oxygen atoms in total. The third-order valence-electron chi connectivity index (χ3n) is 3.09. The predicted octanol–water partition coefficient (Wildman–Crippen LogP) is 4.51. The number of hydrogen-bond acceptors (Lipinski definition) is 4. The van der Waals surface area contributed by atoms with E-state index >= 15 is 0 Å². The Balaban J connectivity index is 2.28. The highest BCUT2D eigenvalue weighted by Crippen LogP contribution is 2.30. The van der Waals surface area contributed by atoms with Crippen molar-refractivity contribution in [1.82, 2.24) is 4.90 Å². The van der Waals surface area contributed by atoms with E-state index in [0.717, 1.165) is 14.9 Å². The van der Waals surface area contributed by atoms with E-state index in [0.29, 0.717) is 11.6 Å². The molecular weight excluding hydrogens is 374 g/mol. The van der Waals surface area contributed by atoms with E-state index in [-0.39, 0.29) is 5.97 Å². The highest BCUT2D eigenvalue weighted by Gasteiger charge is 2.28. The first-order chi connectivity index (χ1) is 10.0. The standard InChI is InChI=1S/C15H15BrClNO2S/c1-18(8-11-7-10(16)9-21-11)14(15(19)20-2)12-5-3-4-6-13(12)17/h3-7,9,14H,8H2,1-2H3. The topological polar surface area (TPSA) is 29.5 Å². The summed E-state index contributed by atoms with van der Waals surface area (Å²) in [6.45, 7) is 0.640. The van der Waals surface area contributed by atoms with Crippen LogP contribution >= 0.6 is 38.9 Å². The first-order valence-electron chi connectivity index (χ1n) is 6.28. The Morgan fingerprint density at radius 2 is 2.19 bits per heavy atom. The zero-order valence-electron chi connectivity index (χ0n) is 11.7. The lowest BCUT2D eigenvalue weighted by Crippen LogP contribution is -2.31. The summed E-state index contributed by atoms with van der Waals surface area (Å²) in [5, 5.41) is 2.58. The Morgan fingerprint density at radius 3 is 2.76 bits per heavy atom. The third-order valence-corrected chi connectivity index (χ3v) is 5.12. The fourth-order valence-electron chi connectivity index (χ4n) is 2.13. The van der Waals surface area contributed by atoms with E-state index in [2.05, 4.69) is 15.9 Å². The maximum atomic E-state index is 12.2. The zero-order valence-corrected chi connectivity index (χ0v) is 14.8. The molecule has 112 valence electrons. The van der Waals surface area contributed by atoms with Gasteiger partial charge < -0.3 is 4.74 Å². The van der Waals surface area contributed by atoms with Crippen LogP contribution in [0.5, 0.6) is 0 Å². The first-order valence-corrected chi connectivity index (χ1v) is 8.33. The molecule has 1 aromatic carbocycles. The van der Waals surface area contributed by atoms with E-state index in [9.17, 15) is 4.79 Å². The summed E-state index contributed by atoms with van der Waals surface area (Å²) in [6.07, 6.45) is 0. The Bertz CT molecular complexity index is 632. The number of rotatable bonds is 5. The van der Waals surface area contributed by atoms with Crippen molar-refractivity contribution in [3.8, 4) is 0 Å². The molecule has 1 aromatic heterocycles. The fourth-order valence-corrected chi connectivity index (χ4v) is 3.88. The first kappa shape index (κ1) is 16.5. The zero-order chi connectivity index (χ0) is 15.4. The molecule has 0 aliphatic rings. The Labute approximate surface area is 141 Å². The maximum absolute atomic E-state index is 12.2. The van der Waals surface area contributed by atoms with Crippen LogP contribution in [-0.2, 0) is 16.1 Å². The Morgan fingerprint density at radius 1 is 1.48 bits per heavy atom. The van der Waals surface area contributed by atoms with Crippen molar-refractivity contribution >= 4 is 44.8 Å². The lowest BCUT2D eigenvalue weighted by molar-refractivity contribution is -0.147. The van der Waals surface area contributed by atoms with Crippen LogP contribution in [0.2, 0.25) is 5.02 Å². The molecule has 0 aliphatic heterocycles. The molecule has 0 radical (unpaired) electrons. The maximum Gasteiger partial charge on any atom is 0.327 e. The lowest BCUT2D eigenvalue weighted by Gasteiger charge is -2.26. The van der Waals surface area contributed by atoms with Crippen LogP contribution in [-0.4, -0.2) is 25.0 Å². The van der Waals surface area contributed by atoms with E-state index in [4.69, 9.17) is 16.3 Å². The second-order valence-corrected chi connectivity index (χ2v) is 6.91. The molecule has 0 saturated carbocycles. The molecule has 0 fully saturated rings. The molecule has 0 spiro atoms. The molecule has 21 heavy (non-hydrogen) atoms. The molecule has 0 saturated heterocycles. The molecule has 1 unspecified atom stereocenters. The number of methoxy groups -OCH3 is 1. The van der Waals surface area contributed by atoms with Crippen molar-refractivity contribution in [1.29, 1.82) is 0 Å². The third kappa shape index (κ3) is 4.07. The molecule has 0 bridgehead atoms. The largest absolute Gasteiger partial charge is 0.468 e. The highest BCUT2D eigenvalue weighted by atomic mass is 79.9. The van der Waals surface area contributed by atoms with Gasteiger partial charge in [-0.05, 0) is 40.7 Å². The van der Waals surface area contributed by atoms with Crippen LogP contribution in [0.4, 0.5) is 0 Å². The smallest absolute Gasteiger partial charge is 0.327 e. The van der Waals surface area contributed by atoms with Gasteiger partial charge in [-0.2, -0.15) is 0 Å². The Hall–Kier alpha value is -0.880. The number of benzene rings is 1. The van der Waals surface area contributed by atoms with Gasteiger partial charge in [0, 0.05) is 26.3 Å². The summed E-state index contributed by atoms with van der Waals surface area (Å²) in [4.78, 5) is 15.3. The van der Waals surface area contributed by atoms with Crippen molar-refractivity contribution in [3.63, 3.8) is 0 Å². The van der Waals surface area contributed by atoms with Gasteiger partial charge in [-0.15, -0.1) is 11.3 Å². The van der Waals surface area contributed by atoms with Gasteiger partial charge in [-0.25, -0.2) is 4.79 Å². The second-order valence-electron chi connectivity index (χ2n) is 4.59. The summed E-state index contributed by atoms with van der Waals surface area (Å²) in [6, 6.07) is 8.86. The number of nitrogens with zero attached hydrogens (tertiary/aromatic N) is 1. The highest BCUT2D eigenvalue weighted by molar-refractivity contribution is 9.10. The molecule has 0 amide bonds. The number of ether oxygens (including phenoxy) is 1. The minimum atomic E-state index is -0.524. The summed E-state index contributed by atoms with van der Waals surface area (Å²) < 4.78 is 5.99. The van der Waals surface area contributed by atoms with Gasteiger partial charge in [0.25, 0.3) is 0 Å². The number of esters is 1. The number of carbonyl (C=O) groups excluding carboxylic acids is 1. The van der Waals surface area contributed by atoms with Crippen LogP contribution in [0, 0.1) is 0 Å². The number of thiophene rings is 1. The van der Waals surface area contributed by atoms with E-state index in [1.807, 2.05) is 41.6 Å². The van der Waals surface area contributed by atoms with E-state index in [1.165, 1.54) is 7.11 Å². The summed E-state index contributed by atoms with van der Waals surface area (Å²) in [5.41, 5.74) is 0.754. The average Bonchev–Trinajstić information content (AvgIpc) is 2.86. The van der Waals surface area contributed by atoms with Gasteiger partial charge in [0.15, 0.2) is 0 Å². The quantitative estimate of drug-likeness (QED) is 0.706. The number of halogens is 2. The molecule has 6 heteroatoms. The van der Waals surface area contributed by atoms with Crippen molar-refractivity contribution in [2.45, 2.75) is 12.6 Å². The van der Waals surface area contributed by atoms with Gasteiger partial charge in [-0.1, -0.05) is 29.8 Å². The van der Waals surface area contributed by atoms with Crippen LogP contribution in [0.3, 0.4) is 0 Å². The SMILES string of the molecule is COC(=O)C(c1ccccc1Cl)N(C)Cc1cc(Br)cs1. The van der Waals surface area contributed by atoms with Crippen LogP contribution in [0.25, 0.3) is 0 Å². The molecule has 1 atom stereocenters. The summed E-state index contributed by atoms with van der Waals surface area (Å²) >= 11 is 11.3. The number of likely N-dealkylation sites (N-methyl/N-ethyl adjacent to an activating group) is 1. The van der Waals surface area contributed by atoms with Gasteiger partial charge >= 0.3 is 5.97 Å². The van der Waals surface area contributed by atoms with Crippen molar-refractivity contribution in [3.05, 3.63) is 55.6 Å². The van der Waals surface area contributed by atoms with Gasteiger partial charge in [0.05, 0.1) is 7.11 Å². The predicted molar refractivity (Wildman–Crippen MR) is 89.7 cm³/mol. The molecule has 0 aliphatic carbocycles. The fraction of sp³-hybridized carbons (Fsp3) is 0.267. The number of carbonyl (C=O) groups is 1. The van der Waals surface area contributed by atoms with Crippen LogP contribution in [0.1, 0.15) is 16.5 Å². The van der Waals surface area contributed by atoms with Gasteiger partial charge in [-0.3, -0.25) is 4.90 Å². The van der Waals surface area contributed by atoms with E-state index < -0.39 is 6.04 Å². The molecule has 0 N–H and O–H groups in total. The molecular formula is C15H15BrClNO2S. The van der Waals surface area contributed by atoms with Crippen molar-refractivity contribution in [2.24, 2.45) is 0 Å². The molecule has 2 rings (SSSR count).